The van der Waals surface area contributed by atoms with E-state index in [-0.39, 0.29) is 11.7 Å². The molecule has 1 atom stereocenters. The van der Waals surface area contributed by atoms with Gasteiger partial charge in [0.25, 0.3) is 0 Å². The summed E-state index contributed by atoms with van der Waals surface area (Å²) in [6.45, 7) is 0.456. The van der Waals surface area contributed by atoms with E-state index < -0.39 is 0 Å². The maximum Gasteiger partial charge on any atom is 0.149 e. The van der Waals surface area contributed by atoms with Gasteiger partial charge in [-0.2, -0.15) is 0 Å². The second-order valence-corrected chi connectivity index (χ2v) is 6.05. The standard InChI is InChI=1S/C14H11ClO2S/c15-14-6-5-9(18-14)7-12(16)11-8-17-13-4-2-1-3-10(11)13/h1-6,11H,7-8H2. The zero-order valence-corrected chi connectivity index (χ0v) is 11.1. The highest BCUT2D eigenvalue weighted by Crippen LogP contribution is 2.35. The molecule has 3 rings (SSSR count). The van der Waals surface area contributed by atoms with E-state index in [1.165, 1.54) is 11.3 Å². The quantitative estimate of drug-likeness (QED) is 0.856. The number of Topliss-reactive ketones (excluding diaryl/α,β-unsaturated/α-hetero) is 1. The van der Waals surface area contributed by atoms with Crippen molar-refractivity contribution in [2.75, 3.05) is 6.61 Å². The minimum absolute atomic E-state index is 0.137. The molecule has 92 valence electrons. The van der Waals surface area contributed by atoms with Gasteiger partial charge < -0.3 is 4.74 Å². The Morgan fingerprint density at radius 3 is 2.94 bits per heavy atom. The molecule has 0 fully saturated rings. The molecule has 1 aromatic heterocycles. The molecular formula is C14H11ClO2S. The van der Waals surface area contributed by atoms with Gasteiger partial charge in [-0.15, -0.1) is 11.3 Å². The third-order valence-corrected chi connectivity index (χ3v) is 4.30. The first-order valence-corrected chi connectivity index (χ1v) is 6.92. The van der Waals surface area contributed by atoms with Crippen LogP contribution in [0, 0.1) is 0 Å². The van der Waals surface area contributed by atoms with E-state index in [2.05, 4.69) is 0 Å². The van der Waals surface area contributed by atoms with Crippen LogP contribution in [0.3, 0.4) is 0 Å². The second-order valence-electron chi connectivity index (χ2n) is 4.25. The van der Waals surface area contributed by atoms with Crippen molar-refractivity contribution in [3.8, 4) is 5.75 Å². The molecule has 0 N–H and O–H groups in total. The predicted octanol–water partition coefficient (Wildman–Crippen LogP) is 3.69. The number of hydrogen-bond acceptors (Lipinski definition) is 3. The van der Waals surface area contributed by atoms with Crippen LogP contribution in [0.2, 0.25) is 4.34 Å². The van der Waals surface area contributed by atoms with E-state index in [9.17, 15) is 4.79 Å². The monoisotopic (exact) mass is 278 g/mol. The van der Waals surface area contributed by atoms with Crippen molar-refractivity contribution in [1.82, 2.24) is 0 Å². The third kappa shape index (κ3) is 2.16. The Morgan fingerprint density at radius 2 is 2.17 bits per heavy atom. The van der Waals surface area contributed by atoms with E-state index in [1.54, 1.807) is 0 Å². The van der Waals surface area contributed by atoms with Crippen LogP contribution in [-0.2, 0) is 11.2 Å². The summed E-state index contributed by atoms with van der Waals surface area (Å²) in [4.78, 5) is 13.3. The van der Waals surface area contributed by atoms with Crippen molar-refractivity contribution in [2.24, 2.45) is 0 Å². The second kappa shape index (κ2) is 4.75. The van der Waals surface area contributed by atoms with Gasteiger partial charge >= 0.3 is 0 Å². The molecule has 0 bridgehead atoms. The van der Waals surface area contributed by atoms with Crippen molar-refractivity contribution in [3.05, 3.63) is 51.2 Å². The molecule has 2 aromatic rings. The Morgan fingerprint density at radius 1 is 1.33 bits per heavy atom. The molecule has 18 heavy (non-hydrogen) atoms. The van der Waals surface area contributed by atoms with Crippen molar-refractivity contribution in [3.63, 3.8) is 0 Å². The van der Waals surface area contributed by atoms with E-state index in [0.29, 0.717) is 13.0 Å². The van der Waals surface area contributed by atoms with Gasteiger partial charge in [0.15, 0.2) is 0 Å². The molecule has 1 aromatic carbocycles. The highest BCUT2D eigenvalue weighted by Gasteiger charge is 2.29. The summed E-state index contributed by atoms with van der Waals surface area (Å²) >= 11 is 7.33. The van der Waals surface area contributed by atoms with Crippen molar-refractivity contribution in [2.45, 2.75) is 12.3 Å². The van der Waals surface area contributed by atoms with Gasteiger partial charge in [0.2, 0.25) is 0 Å². The van der Waals surface area contributed by atoms with Crippen LogP contribution in [0.1, 0.15) is 16.4 Å². The molecule has 0 saturated heterocycles. The molecular weight excluding hydrogens is 268 g/mol. The summed E-state index contributed by atoms with van der Waals surface area (Å²) in [5.74, 6) is 0.889. The minimum atomic E-state index is -0.137. The number of hydrogen-bond donors (Lipinski definition) is 0. The van der Waals surface area contributed by atoms with E-state index >= 15 is 0 Å². The molecule has 0 saturated carbocycles. The number of thiophene rings is 1. The molecule has 4 heteroatoms. The summed E-state index contributed by atoms with van der Waals surface area (Å²) in [5.41, 5.74) is 1.00. The highest BCUT2D eigenvalue weighted by atomic mass is 35.5. The summed E-state index contributed by atoms with van der Waals surface area (Å²) in [6.07, 6.45) is 0.430. The topological polar surface area (TPSA) is 26.3 Å². The Bertz CT molecular complexity index is 591. The molecule has 2 heterocycles. The zero-order valence-electron chi connectivity index (χ0n) is 9.56. The largest absolute Gasteiger partial charge is 0.492 e. The number of fused-ring (bicyclic) bond motifs is 1. The summed E-state index contributed by atoms with van der Waals surface area (Å²) in [7, 11) is 0. The molecule has 0 spiro atoms. The van der Waals surface area contributed by atoms with Crippen LogP contribution in [-0.4, -0.2) is 12.4 Å². The normalized spacial score (nSPS) is 17.3. The Balaban J connectivity index is 1.78. The number of benzene rings is 1. The fourth-order valence-corrected chi connectivity index (χ4v) is 3.27. The SMILES string of the molecule is O=C(Cc1ccc(Cl)s1)C1COc2ccccc21. The Hall–Kier alpha value is -1.32. The predicted molar refractivity (Wildman–Crippen MR) is 72.7 cm³/mol. The van der Waals surface area contributed by atoms with Crippen molar-refractivity contribution in [1.29, 1.82) is 0 Å². The lowest BCUT2D eigenvalue weighted by molar-refractivity contribution is -0.120. The van der Waals surface area contributed by atoms with Gasteiger partial charge in [-0.25, -0.2) is 0 Å². The van der Waals surface area contributed by atoms with Crippen LogP contribution >= 0.6 is 22.9 Å². The molecule has 2 nitrogen and oxygen atoms in total. The minimum Gasteiger partial charge on any atom is -0.492 e. The van der Waals surface area contributed by atoms with Gasteiger partial charge in [0, 0.05) is 16.9 Å². The van der Waals surface area contributed by atoms with Crippen LogP contribution in [0.15, 0.2) is 36.4 Å². The van der Waals surface area contributed by atoms with Crippen LogP contribution in [0.5, 0.6) is 5.75 Å². The lowest BCUT2D eigenvalue weighted by Crippen LogP contribution is -2.15. The highest BCUT2D eigenvalue weighted by molar-refractivity contribution is 7.16. The van der Waals surface area contributed by atoms with E-state index in [1.807, 2.05) is 36.4 Å². The summed E-state index contributed by atoms with van der Waals surface area (Å²) in [5, 5.41) is 0. The maximum absolute atomic E-state index is 12.3. The van der Waals surface area contributed by atoms with Gasteiger partial charge in [-0.1, -0.05) is 29.8 Å². The smallest absolute Gasteiger partial charge is 0.149 e. The number of rotatable bonds is 3. The number of ether oxygens (including phenoxy) is 1. The molecule has 0 radical (unpaired) electrons. The Labute approximate surface area is 114 Å². The van der Waals surface area contributed by atoms with Crippen LogP contribution < -0.4 is 4.74 Å². The van der Waals surface area contributed by atoms with Gasteiger partial charge in [-0.3, -0.25) is 4.79 Å². The van der Waals surface area contributed by atoms with Gasteiger partial charge in [0.1, 0.15) is 18.1 Å². The van der Waals surface area contributed by atoms with Crippen LogP contribution in [0.25, 0.3) is 0 Å². The first-order valence-electron chi connectivity index (χ1n) is 5.72. The number of halogens is 1. The number of carbonyl (C=O) groups is 1. The number of carbonyl (C=O) groups excluding carboxylic acids is 1. The first kappa shape index (κ1) is 11.8. The van der Waals surface area contributed by atoms with E-state index in [4.69, 9.17) is 16.3 Å². The fraction of sp³-hybridized carbons (Fsp3) is 0.214. The van der Waals surface area contributed by atoms with Crippen molar-refractivity contribution < 1.29 is 9.53 Å². The lowest BCUT2D eigenvalue weighted by atomic mass is 9.95. The van der Waals surface area contributed by atoms with E-state index in [0.717, 1.165) is 20.5 Å². The molecule has 1 aliphatic rings. The number of ketones is 1. The lowest BCUT2D eigenvalue weighted by Gasteiger charge is -2.06. The molecule has 1 aliphatic heterocycles. The summed E-state index contributed by atoms with van der Waals surface area (Å²) in [6, 6.07) is 11.5. The molecule has 0 amide bonds. The van der Waals surface area contributed by atoms with Crippen molar-refractivity contribution >= 4 is 28.7 Å². The summed E-state index contributed by atoms with van der Waals surface area (Å²) < 4.78 is 6.25. The third-order valence-electron chi connectivity index (χ3n) is 3.07. The molecule has 0 aliphatic carbocycles. The van der Waals surface area contributed by atoms with Gasteiger partial charge in [0.05, 0.1) is 10.3 Å². The molecule has 1 unspecified atom stereocenters. The first-order chi connectivity index (χ1) is 8.74. The Kier molecular flexibility index (Phi) is 3.10. The fourth-order valence-electron chi connectivity index (χ4n) is 2.17. The average Bonchev–Trinajstić information content (AvgIpc) is 2.95. The zero-order chi connectivity index (χ0) is 12.5. The number of para-hydroxylation sites is 1. The van der Waals surface area contributed by atoms with Gasteiger partial charge in [-0.05, 0) is 18.2 Å². The maximum atomic E-state index is 12.3. The van der Waals surface area contributed by atoms with Crippen LogP contribution in [0.4, 0.5) is 0 Å². The average molecular weight is 279 g/mol.